The predicted molar refractivity (Wildman–Crippen MR) is 129 cm³/mol. The van der Waals surface area contributed by atoms with E-state index >= 15 is 0 Å². The van der Waals surface area contributed by atoms with Crippen LogP contribution in [0.15, 0.2) is 53.9 Å². The van der Waals surface area contributed by atoms with E-state index < -0.39 is 0 Å². The number of benzene rings is 2. The number of carbonyl (C=O) groups is 1. The first kappa shape index (κ1) is 22.1. The number of hydrogen-bond donors (Lipinski definition) is 0. The first-order chi connectivity index (χ1) is 15.6. The molecule has 4 rings (SSSR count). The van der Waals surface area contributed by atoms with Crippen molar-refractivity contribution in [1.29, 1.82) is 0 Å². The third-order valence-electron chi connectivity index (χ3n) is 5.51. The molecule has 0 saturated carbocycles. The van der Waals surface area contributed by atoms with Crippen LogP contribution < -0.4 is 14.4 Å². The van der Waals surface area contributed by atoms with Gasteiger partial charge in [-0.05, 0) is 38.1 Å². The van der Waals surface area contributed by atoms with Crippen LogP contribution in [0.5, 0.6) is 11.5 Å². The number of fused-ring (bicyclic) bond motifs is 1. The van der Waals surface area contributed by atoms with Gasteiger partial charge in [0.1, 0.15) is 22.6 Å². The highest BCUT2D eigenvalue weighted by atomic mass is 32.1. The Hall–Kier alpha value is -3.06. The molecule has 1 amide bonds. The van der Waals surface area contributed by atoms with Crippen molar-refractivity contribution in [1.82, 2.24) is 9.88 Å². The number of carbonyl (C=O) groups excluding carboxylic acids is 1. The molecule has 0 N–H and O–H groups in total. The van der Waals surface area contributed by atoms with Gasteiger partial charge in [-0.2, -0.15) is 0 Å². The second kappa shape index (κ2) is 10.0. The summed E-state index contributed by atoms with van der Waals surface area (Å²) in [5, 5.41) is 2.82. The van der Waals surface area contributed by atoms with Gasteiger partial charge in [0.05, 0.1) is 43.1 Å². The summed E-state index contributed by atoms with van der Waals surface area (Å²) in [5.41, 5.74) is 2.85. The maximum absolute atomic E-state index is 12.9. The van der Waals surface area contributed by atoms with Crippen molar-refractivity contribution in [3.8, 4) is 22.1 Å². The Morgan fingerprint density at radius 1 is 1.22 bits per heavy atom. The summed E-state index contributed by atoms with van der Waals surface area (Å²) in [6.07, 6.45) is 0.202. The minimum atomic E-state index is -0.0668. The summed E-state index contributed by atoms with van der Waals surface area (Å²) in [5.74, 6) is 1.73. The summed E-state index contributed by atoms with van der Waals surface area (Å²) >= 11 is 1.53. The van der Waals surface area contributed by atoms with Gasteiger partial charge < -0.3 is 19.3 Å². The van der Waals surface area contributed by atoms with E-state index in [1.54, 1.807) is 4.90 Å². The molecule has 0 saturated heterocycles. The molecule has 6 nitrogen and oxygen atoms in total. The number of aromatic nitrogens is 1. The number of para-hydroxylation sites is 3. The van der Waals surface area contributed by atoms with Gasteiger partial charge in [-0.15, -0.1) is 11.3 Å². The molecule has 0 fully saturated rings. The first-order valence-electron chi connectivity index (χ1n) is 11.0. The lowest BCUT2D eigenvalue weighted by Crippen LogP contribution is -2.47. The third kappa shape index (κ3) is 4.88. The molecule has 2 aromatic carbocycles. The van der Waals surface area contributed by atoms with Crippen LogP contribution >= 0.6 is 11.3 Å². The van der Waals surface area contributed by atoms with Crippen LogP contribution in [0.2, 0.25) is 0 Å². The molecule has 0 bridgehead atoms. The molecule has 168 valence electrons. The fourth-order valence-corrected chi connectivity index (χ4v) is 4.76. The van der Waals surface area contributed by atoms with Gasteiger partial charge in [0, 0.05) is 19.0 Å². The zero-order valence-electron chi connectivity index (χ0n) is 18.8. The Balaban J connectivity index is 1.39. The number of thiazole rings is 1. The van der Waals surface area contributed by atoms with Crippen molar-refractivity contribution in [3.05, 3.63) is 59.6 Å². The van der Waals surface area contributed by atoms with E-state index in [0.717, 1.165) is 46.5 Å². The molecule has 1 aliphatic rings. The van der Waals surface area contributed by atoms with Gasteiger partial charge in [0.2, 0.25) is 5.91 Å². The van der Waals surface area contributed by atoms with Crippen molar-refractivity contribution in [3.63, 3.8) is 0 Å². The average molecular weight is 452 g/mol. The largest absolute Gasteiger partial charge is 0.493 e. The Kier molecular flexibility index (Phi) is 6.95. The van der Waals surface area contributed by atoms with E-state index in [2.05, 4.69) is 17.9 Å². The highest BCUT2D eigenvalue weighted by Crippen LogP contribution is 2.34. The maximum Gasteiger partial charge on any atom is 0.228 e. The van der Waals surface area contributed by atoms with Gasteiger partial charge in [0.25, 0.3) is 0 Å². The van der Waals surface area contributed by atoms with Crippen LogP contribution in [0.4, 0.5) is 5.69 Å². The standard InChI is InChI=1S/C25H29N3O3S/c1-4-28-16-19(31-23-13-9-7-11-21(23)28)15-27(3)24(29)14-18-17-32-25(26-18)20-10-6-8-12-22(20)30-5-2/h6-13,17,19H,4-5,14-16H2,1-3H3. The summed E-state index contributed by atoms with van der Waals surface area (Å²) in [6, 6.07) is 15.9. The highest BCUT2D eigenvalue weighted by Gasteiger charge is 2.27. The Morgan fingerprint density at radius 2 is 2.00 bits per heavy atom. The molecular formula is C25H29N3O3S. The van der Waals surface area contributed by atoms with Gasteiger partial charge in [-0.25, -0.2) is 4.98 Å². The van der Waals surface area contributed by atoms with Crippen LogP contribution in [0, 0.1) is 0 Å². The Morgan fingerprint density at radius 3 is 2.81 bits per heavy atom. The number of ether oxygens (including phenoxy) is 2. The molecule has 7 heteroatoms. The molecule has 0 spiro atoms. The van der Waals surface area contributed by atoms with Crippen molar-refractivity contribution in [2.75, 3.05) is 38.2 Å². The maximum atomic E-state index is 12.9. The Bertz CT molecular complexity index is 1070. The number of hydrogen-bond acceptors (Lipinski definition) is 6. The zero-order chi connectivity index (χ0) is 22.5. The van der Waals surface area contributed by atoms with Crippen LogP contribution in [0.3, 0.4) is 0 Å². The van der Waals surface area contributed by atoms with Crippen molar-refractivity contribution < 1.29 is 14.3 Å². The van der Waals surface area contributed by atoms with E-state index in [1.807, 2.05) is 61.8 Å². The fourth-order valence-electron chi connectivity index (χ4n) is 3.91. The van der Waals surface area contributed by atoms with Gasteiger partial charge in [-0.1, -0.05) is 24.3 Å². The lowest BCUT2D eigenvalue weighted by Gasteiger charge is -2.37. The fraction of sp³-hybridized carbons (Fsp3) is 0.360. The van der Waals surface area contributed by atoms with Crippen molar-refractivity contribution >= 4 is 22.9 Å². The van der Waals surface area contributed by atoms with Crippen LogP contribution in [-0.4, -0.2) is 55.2 Å². The second-order valence-electron chi connectivity index (χ2n) is 7.77. The number of likely N-dealkylation sites (N-methyl/N-ethyl adjacent to an activating group) is 2. The van der Waals surface area contributed by atoms with Crippen LogP contribution in [0.25, 0.3) is 10.6 Å². The SMILES string of the molecule is CCOc1ccccc1-c1nc(CC(=O)N(C)CC2CN(CC)c3ccccc3O2)cs1. The molecule has 1 unspecified atom stereocenters. The lowest BCUT2D eigenvalue weighted by atomic mass is 10.1. The highest BCUT2D eigenvalue weighted by molar-refractivity contribution is 7.13. The lowest BCUT2D eigenvalue weighted by molar-refractivity contribution is -0.130. The molecule has 0 radical (unpaired) electrons. The Labute approximate surface area is 193 Å². The smallest absolute Gasteiger partial charge is 0.228 e. The van der Waals surface area contributed by atoms with Gasteiger partial charge in [-0.3, -0.25) is 4.79 Å². The number of rotatable bonds is 8. The molecule has 0 aliphatic carbocycles. The van der Waals surface area contributed by atoms with Crippen LogP contribution in [-0.2, 0) is 11.2 Å². The normalized spacial score (nSPS) is 15.1. The summed E-state index contributed by atoms with van der Waals surface area (Å²) in [6.45, 7) is 6.90. The molecule has 32 heavy (non-hydrogen) atoms. The van der Waals surface area contributed by atoms with E-state index in [4.69, 9.17) is 14.5 Å². The van der Waals surface area contributed by atoms with Gasteiger partial charge in [0.15, 0.2) is 0 Å². The molecular weight excluding hydrogens is 422 g/mol. The van der Waals surface area contributed by atoms with E-state index in [9.17, 15) is 4.79 Å². The quantitative estimate of drug-likeness (QED) is 0.505. The van der Waals surface area contributed by atoms with Crippen molar-refractivity contribution in [2.45, 2.75) is 26.4 Å². The minimum Gasteiger partial charge on any atom is -0.493 e. The zero-order valence-corrected chi connectivity index (χ0v) is 19.6. The van der Waals surface area contributed by atoms with E-state index in [0.29, 0.717) is 13.2 Å². The topological polar surface area (TPSA) is 54.9 Å². The molecule has 2 heterocycles. The van der Waals surface area contributed by atoms with E-state index in [1.165, 1.54) is 11.3 Å². The second-order valence-corrected chi connectivity index (χ2v) is 8.63. The summed E-state index contributed by atoms with van der Waals surface area (Å²) in [7, 11) is 1.83. The third-order valence-corrected chi connectivity index (χ3v) is 6.43. The molecule has 1 atom stereocenters. The van der Waals surface area contributed by atoms with Crippen LogP contribution in [0.1, 0.15) is 19.5 Å². The predicted octanol–water partition coefficient (Wildman–Crippen LogP) is 4.50. The monoisotopic (exact) mass is 451 g/mol. The first-order valence-corrected chi connectivity index (χ1v) is 11.9. The summed E-state index contributed by atoms with van der Waals surface area (Å²) in [4.78, 5) is 21.6. The molecule has 1 aromatic heterocycles. The molecule has 3 aromatic rings. The van der Waals surface area contributed by atoms with E-state index in [-0.39, 0.29) is 18.4 Å². The number of amides is 1. The average Bonchev–Trinajstić information content (AvgIpc) is 3.27. The van der Waals surface area contributed by atoms with Crippen molar-refractivity contribution in [2.24, 2.45) is 0 Å². The van der Waals surface area contributed by atoms with Gasteiger partial charge >= 0.3 is 0 Å². The minimum absolute atomic E-state index is 0.0328. The number of anilines is 1. The number of nitrogens with zero attached hydrogens (tertiary/aromatic N) is 3. The summed E-state index contributed by atoms with van der Waals surface area (Å²) < 4.78 is 11.9. The molecule has 1 aliphatic heterocycles.